The molecular formula is C12H21NO2S. The van der Waals surface area contributed by atoms with Gasteiger partial charge in [-0.25, -0.2) is 0 Å². The van der Waals surface area contributed by atoms with Gasteiger partial charge in [0.05, 0.1) is 19.8 Å². The fourth-order valence-electron chi connectivity index (χ4n) is 1.30. The molecule has 0 aliphatic rings. The zero-order valence-electron chi connectivity index (χ0n) is 10.1. The van der Waals surface area contributed by atoms with Crippen molar-refractivity contribution in [3.63, 3.8) is 0 Å². The van der Waals surface area contributed by atoms with Gasteiger partial charge >= 0.3 is 0 Å². The van der Waals surface area contributed by atoms with Crippen LogP contribution in [-0.2, 0) is 16.0 Å². The zero-order chi connectivity index (χ0) is 11.6. The molecule has 1 N–H and O–H groups in total. The Morgan fingerprint density at radius 2 is 2.06 bits per heavy atom. The summed E-state index contributed by atoms with van der Waals surface area (Å²) in [4.78, 5) is 1.41. The van der Waals surface area contributed by atoms with Gasteiger partial charge in [0.15, 0.2) is 0 Å². The molecule has 0 unspecified atom stereocenters. The van der Waals surface area contributed by atoms with Gasteiger partial charge in [-0.2, -0.15) is 0 Å². The second-order valence-electron chi connectivity index (χ2n) is 3.51. The lowest BCUT2D eigenvalue weighted by Crippen LogP contribution is -2.20. The minimum Gasteiger partial charge on any atom is -0.379 e. The van der Waals surface area contributed by atoms with Crippen LogP contribution in [0.25, 0.3) is 0 Å². The summed E-state index contributed by atoms with van der Waals surface area (Å²) in [5.74, 6) is 0. The minimum atomic E-state index is 0.688. The van der Waals surface area contributed by atoms with Crippen LogP contribution < -0.4 is 5.32 Å². The van der Waals surface area contributed by atoms with Crippen LogP contribution in [0.1, 0.15) is 17.4 Å². The number of ether oxygens (including phenoxy) is 2. The molecule has 0 atom stereocenters. The summed E-state index contributed by atoms with van der Waals surface area (Å²) in [6, 6.07) is 2.15. The summed E-state index contributed by atoms with van der Waals surface area (Å²) in [6.07, 6.45) is 0. The largest absolute Gasteiger partial charge is 0.379 e. The molecule has 92 valence electrons. The number of thiophene rings is 1. The molecule has 0 bridgehead atoms. The molecule has 1 heterocycles. The number of hydrogen-bond acceptors (Lipinski definition) is 4. The van der Waals surface area contributed by atoms with Crippen LogP contribution in [-0.4, -0.2) is 33.0 Å². The zero-order valence-corrected chi connectivity index (χ0v) is 10.9. The van der Waals surface area contributed by atoms with E-state index in [4.69, 9.17) is 9.47 Å². The fraction of sp³-hybridized carbons (Fsp3) is 0.667. The summed E-state index contributed by atoms with van der Waals surface area (Å²) in [7, 11) is 0. The van der Waals surface area contributed by atoms with E-state index in [1.165, 1.54) is 10.4 Å². The van der Waals surface area contributed by atoms with Crippen molar-refractivity contribution < 1.29 is 9.47 Å². The standard InChI is InChI=1S/C12H21NO2S/c1-3-14-7-8-15-6-5-13-10-12-11(2)4-9-16-12/h4,9,13H,3,5-8,10H2,1-2H3. The van der Waals surface area contributed by atoms with E-state index in [1.54, 1.807) is 11.3 Å². The average molecular weight is 243 g/mol. The molecule has 16 heavy (non-hydrogen) atoms. The Balaban J connectivity index is 1.91. The maximum absolute atomic E-state index is 5.40. The highest BCUT2D eigenvalue weighted by Gasteiger charge is 1.98. The third-order valence-electron chi connectivity index (χ3n) is 2.25. The molecule has 1 rings (SSSR count). The minimum absolute atomic E-state index is 0.688. The van der Waals surface area contributed by atoms with Gasteiger partial charge in [-0.05, 0) is 30.9 Å². The number of aryl methyl sites for hydroxylation is 1. The van der Waals surface area contributed by atoms with Gasteiger partial charge in [-0.3, -0.25) is 0 Å². The normalized spacial score (nSPS) is 10.9. The van der Waals surface area contributed by atoms with Crippen LogP contribution in [0.3, 0.4) is 0 Å². The molecule has 1 aromatic heterocycles. The summed E-state index contributed by atoms with van der Waals surface area (Å²) in [6.45, 7) is 8.86. The molecule has 0 radical (unpaired) electrons. The molecule has 0 aliphatic heterocycles. The highest BCUT2D eigenvalue weighted by Crippen LogP contribution is 2.14. The average Bonchev–Trinajstić information content (AvgIpc) is 2.68. The van der Waals surface area contributed by atoms with Crippen LogP contribution in [0.4, 0.5) is 0 Å². The molecule has 0 spiro atoms. The van der Waals surface area contributed by atoms with Crippen molar-refractivity contribution in [2.75, 3.05) is 33.0 Å². The van der Waals surface area contributed by atoms with Crippen molar-refractivity contribution in [2.24, 2.45) is 0 Å². The fourth-order valence-corrected chi connectivity index (χ4v) is 2.17. The van der Waals surface area contributed by atoms with Crippen molar-refractivity contribution in [2.45, 2.75) is 20.4 Å². The van der Waals surface area contributed by atoms with E-state index in [0.29, 0.717) is 13.2 Å². The molecule has 0 aliphatic carbocycles. The monoisotopic (exact) mass is 243 g/mol. The van der Waals surface area contributed by atoms with Crippen molar-refractivity contribution in [3.05, 3.63) is 21.9 Å². The Morgan fingerprint density at radius 3 is 2.75 bits per heavy atom. The van der Waals surface area contributed by atoms with Crippen molar-refractivity contribution >= 4 is 11.3 Å². The van der Waals surface area contributed by atoms with Gasteiger partial charge in [0.25, 0.3) is 0 Å². The summed E-state index contributed by atoms with van der Waals surface area (Å²) in [5.41, 5.74) is 1.37. The van der Waals surface area contributed by atoms with Crippen LogP contribution >= 0.6 is 11.3 Å². The maximum Gasteiger partial charge on any atom is 0.0701 e. The lowest BCUT2D eigenvalue weighted by Gasteiger charge is -2.06. The van der Waals surface area contributed by atoms with Gasteiger partial charge in [0.2, 0.25) is 0 Å². The van der Waals surface area contributed by atoms with Crippen molar-refractivity contribution in [3.8, 4) is 0 Å². The van der Waals surface area contributed by atoms with Crippen LogP contribution in [0.5, 0.6) is 0 Å². The lowest BCUT2D eigenvalue weighted by atomic mass is 10.3. The van der Waals surface area contributed by atoms with Gasteiger partial charge < -0.3 is 14.8 Å². The van der Waals surface area contributed by atoms with Gasteiger partial charge in [-0.15, -0.1) is 11.3 Å². The molecule has 0 aromatic carbocycles. The molecule has 0 fully saturated rings. The third-order valence-corrected chi connectivity index (χ3v) is 3.28. The first kappa shape index (κ1) is 13.6. The molecule has 1 aromatic rings. The van der Waals surface area contributed by atoms with Crippen LogP contribution in [0.2, 0.25) is 0 Å². The first-order valence-electron chi connectivity index (χ1n) is 5.73. The van der Waals surface area contributed by atoms with Crippen LogP contribution in [0.15, 0.2) is 11.4 Å². The smallest absolute Gasteiger partial charge is 0.0701 e. The Labute approximate surface area is 102 Å². The quantitative estimate of drug-likeness (QED) is 0.674. The van der Waals surface area contributed by atoms with Crippen LogP contribution in [0, 0.1) is 6.92 Å². The van der Waals surface area contributed by atoms with E-state index in [-0.39, 0.29) is 0 Å². The Bertz CT molecular complexity index is 276. The van der Waals surface area contributed by atoms with Gasteiger partial charge in [-0.1, -0.05) is 0 Å². The van der Waals surface area contributed by atoms with Gasteiger partial charge in [0.1, 0.15) is 0 Å². The lowest BCUT2D eigenvalue weighted by molar-refractivity contribution is 0.0539. The topological polar surface area (TPSA) is 30.5 Å². The Morgan fingerprint density at radius 1 is 1.25 bits per heavy atom. The summed E-state index contributed by atoms with van der Waals surface area (Å²) < 4.78 is 10.6. The summed E-state index contributed by atoms with van der Waals surface area (Å²) >= 11 is 1.80. The Kier molecular flexibility index (Phi) is 7.42. The molecule has 0 saturated heterocycles. The highest BCUT2D eigenvalue weighted by atomic mass is 32.1. The van der Waals surface area contributed by atoms with E-state index in [0.717, 1.165) is 26.3 Å². The van der Waals surface area contributed by atoms with Crippen molar-refractivity contribution in [1.82, 2.24) is 5.32 Å². The molecular weight excluding hydrogens is 222 g/mol. The van der Waals surface area contributed by atoms with Gasteiger partial charge in [0, 0.05) is 24.6 Å². The van der Waals surface area contributed by atoms with E-state index in [9.17, 15) is 0 Å². The van der Waals surface area contributed by atoms with E-state index in [2.05, 4.69) is 23.7 Å². The number of nitrogens with one attached hydrogen (secondary N) is 1. The van der Waals surface area contributed by atoms with E-state index >= 15 is 0 Å². The SMILES string of the molecule is CCOCCOCCNCc1sccc1C. The molecule has 4 heteroatoms. The summed E-state index contributed by atoms with van der Waals surface area (Å²) in [5, 5.41) is 5.49. The van der Waals surface area contributed by atoms with E-state index < -0.39 is 0 Å². The number of rotatable bonds is 9. The predicted molar refractivity (Wildman–Crippen MR) is 68.1 cm³/mol. The number of hydrogen-bond donors (Lipinski definition) is 1. The highest BCUT2D eigenvalue weighted by molar-refractivity contribution is 7.10. The second-order valence-corrected chi connectivity index (χ2v) is 4.51. The Hall–Kier alpha value is -0.420. The predicted octanol–water partition coefficient (Wildman–Crippen LogP) is 2.20. The molecule has 3 nitrogen and oxygen atoms in total. The second kappa shape index (κ2) is 8.70. The molecule has 0 saturated carbocycles. The first-order valence-corrected chi connectivity index (χ1v) is 6.61. The third kappa shape index (κ3) is 5.61. The van der Waals surface area contributed by atoms with Crippen molar-refractivity contribution in [1.29, 1.82) is 0 Å². The molecule has 0 amide bonds. The maximum atomic E-state index is 5.40. The van der Waals surface area contributed by atoms with E-state index in [1.807, 2.05) is 6.92 Å². The first-order chi connectivity index (χ1) is 7.84.